The van der Waals surface area contributed by atoms with Gasteiger partial charge in [-0.3, -0.25) is 0 Å². The highest BCUT2D eigenvalue weighted by molar-refractivity contribution is 5.89. The molecule has 1 unspecified atom stereocenters. The van der Waals surface area contributed by atoms with Crippen molar-refractivity contribution < 1.29 is 9.53 Å². The number of hydrogen-bond donors (Lipinski definition) is 1. The molecule has 0 aliphatic carbocycles. The number of nitrogens with one attached hydrogen (secondary N) is 1. The Hall–Kier alpha value is -1.77. The molecule has 0 aromatic heterocycles. The summed E-state index contributed by atoms with van der Waals surface area (Å²) in [6, 6.07) is 7.83. The van der Waals surface area contributed by atoms with Gasteiger partial charge in [-0.1, -0.05) is 31.7 Å². The van der Waals surface area contributed by atoms with Gasteiger partial charge in [0.25, 0.3) is 0 Å². The van der Waals surface area contributed by atoms with Crippen LogP contribution in [0.1, 0.15) is 18.4 Å². The molecule has 0 bridgehead atoms. The highest BCUT2D eigenvalue weighted by Crippen LogP contribution is 2.29. The first-order chi connectivity index (χ1) is 7.61. The second-order valence-electron chi connectivity index (χ2n) is 3.58. The molecule has 0 aliphatic rings. The highest BCUT2D eigenvalue weighted by Gasteiger charge is 2.18. The van der Waals surface area contributed by atoms with Crippen molar-refractivity contribution in [3.8, 4) is 0 Å². The Morgan fingerprint density at radius 1 is 1.44 bits per heavy atom. The molecule has 0 fully saturated rings. The maximum absolute atomic E-state index is 11.4. The molecule has 86 valence electrons. The van der Waals surface area contributed by atoms with Crippen molar-refractivity contribution >= 4 is 11.7 Å². The third-order valence-corrected chi connectivity index (χ3v) is 2.67. The monoisotopic (exact) mass is 219 g/mol. The third-order valence-electron chi connectivity index (χ3n) is 2.67. The molecule has 1 aromatic carbocycles. The molecule has 0 amide bonds. The summed E-state index contributed by atoms with van der Waals surface area (Å²) in [7, 11) is 3.22. The lowest BCUT2D eigenvalue weighted by atomic mass is 9.92. The van der Waals surface area contributed by atoms with E-state index in [1.807, 2.05) is 38.2 Å². The third kappa shape index (κ3) is 2.42. The SMILES string of the molecule is C=C(C(=O)OC)C(C)c1ccccc1NC. The minimum absolute atomic E-state index is 0.0592. The van der Waals surface area contributed by atoms with E-state index in [4.69, 9.17) is 0 Å². The molecule has 1 rings (SSSR count). The number of para-hydroxylation sites is 1. The van der Waals surface area contributed by atoms with Crippen LogP contribution in [-0.2, 0) is 9.53 Å². The van der Waals surface area contributed by atoms with E-state index in [-0.39, 0.29) is 11.9 Å². The number of rotatable bonds is 4. The molecule has 1 atom stereocenters. The maximum atomic E-state index is 11.4. The standard InChI is InChI=1S/C13H17NO2/c1-9(10(2)13(15)16-4)11-7-5-6-8-12(11)14-3/h5-9,14H,2H2,1,3-4H3. The normalized spacial score (nSPS) is 11.7. The molecule has 3 heteroatoms. The summed E-state index contributed by atoms with van der Waals surface area (Å²) in [4.78, 5) is 11.4. The minimum Gasteiger partial charge on any atom is -0.466 e. The van der Waals surface area contributed by atoms with Crippen LogP contribution in [0.5, 0.6) is 0 Å². The molecule has 0 aliphatic heterocycles. The molecule has 16 heavy (non-hydrogen) atoms. The smallest absolute Gasteiger partial charge is 0.333 e. The second-order valence-corrected chi connectivity index (χ2v) is 3.58. The van der Waals surface area contributed by atoms with Crippen LogP contribution < -0.4 is 5.32 Å². The predicted molar refractivity (Wildman–Crippen MR) is 65.6 cm³/mol. The summed E-state index contributed by atoms with van der Waals surface area (Å²) in [5.74, 6) is -0.422. The number of benzene rings is 1. The van der Waals surface area contributed by atoms with Gasteiger partial charge in [-0.25, -0.2) is 4.79 Å². The van der Waals surface area contributed by atoms with Gasteiger partial charge in [0.2, 0.25) is 0 Å². The van der Waals surface area contributed by atoms with Crippen LogP contribution in [-0.4, -0.2) is 20.1 Å². The molecule has 0 saturated carbocycles. The zero-order valence-corrected chi connectivity index (χ0v) is 9.91. The lowest BCUT2D eigenvalue weighted by molar-refractivity contribution is -0.136. The van der Waals surface area contributed by atoms with Gasteiger partial charge in [0, 0.05) is 24.2 Å². The van der Waals surface area contributed by atoms with Crippen molar-refractivity contribution in [1.82, 2.24) is 0 Å². The number of carbonyl (C=O) groups excluding carboxylic acids is 1. The highest BCUT2D eigenvalue weighted by atomic mass is 16.5. The van der Waals surface area contributed by atoms with Crippen LogP contribution in [0.15, 0.2) is 36.4 Å². The van der Waals surface area contributed by atoms with Crippen molar-refractivity contribution in [3.63, 3.8) is 0 Å². The fraction of sp³-hybridized carbons (Fsp3) is 0.308. The zero-order chi connectivity index (χ0) is 12.1. The van der Waals surface area contributed by atoms with Crippen LogP contribution in [0.25, 0.3) is 0 Å². The van der Waals surface area contributed by atoms with Crippen molar-refractivity contribution in [2.24, 2.45) is 0 Å². The van der Waals surface area contributed by atoms with E-state index in [0.29, 0.717) is 5.57 Å². The Balaban J connectivity index is 3.00. The van der Waals surface area contributed by atoms with Gasteiger partial charge in [0.15, 0.2) is 0 Å². The van der Waals surface area contributed by atoms with Gasteiger partial charge in [-0.15, -0.1) is 0 Å². The minimum atomic E-state index is -0.363. The number of carbonyl (C=O) groups is 1. The number of esters is 1. The molecule has 3 nitrogen and oxygen atoms in total. The van der Waals surface area contributed by atoms with E-state index >= 15 is 0 Å². The number of methoxy groups -OCH3 is 1. The average Bonchev–Trinajstić information content (AvgIpc) is 2.35. The summed E-state index contributed by atoms with van der Waals surface area (Å²) in [5.41, 5.74) is 2.51. The first-order valence-corrected chi connectivity index (χ1v) is 5.15. The van der Waals surface area contributed by atoms with Gasteiger partial charge in [-0.2, -0.15) is 0 Å². The van der Waals surface area contributed by atoms with E-state index in [9.17, 15) is 4.79 Å². The van der Waals surface area contributed by atoms with Crippen LogP contribution in [0.4, 0.5) is 5.69 Å². The summed E-state index contributed by atoms with van der Waals surface area (Å²) in [5, 5.41) is 3.10. The molecule has 0 saturated heterocycles. The quantitative estimate of drug-likeness (QED) is 0.624. The van der Waals surface area contributed by atoms with E-state index in [0.717, 1.165) is 11.3 Å². The Labute approximate surface area is 96.1 Å². The molecule has 0 heterocycles. The molecular weight excluding hydrogens is 202 g/mol. The van der Waals surface area contributed by atoms with E-state index in [2.05, 4.69) is 16.6 Å². The summed E-state index contributed by atoms with van der Waals surface area (Å²) in [6.45, 7) is 5.71. The fourth-order valence-electron chi connectivity index (χ4n) is 1.60. The van der Waals surface area contributed by atoms with Crippen molar-refractivity contribution in [2.75, 3.05) is 19.5 Å². The largest absolute Gasteiger partial charge is 0.466 e. The van der Waals surface area contributed by atoms with Crippen LogP contribution >= 0.6 is 0 Å². The fourth-order valence-corrected chi connectivity index (χ4v) is 1.60. The van der Waals surface area contributed by atoms with Gasteiger partial charge in [-0.05, 0) is 11.6 Å². The lowest BCUT2D eigenvalue weighted by Crippen LogP contribution is -2.11. The Morgan fingerprint density at radius 3 is 2.62 bits per heavy atom. The number of hydrogen-bond acceptors (Lipinski definition) is 3. The Kier molecular flexibility index (Phi) is 4.11. The molecule has 0 radical (unpaired) electrons. The van der Waals surface area contributed by atoms with Crippen molar-refractivity contribution in [3.05, 3.63) is 42.0 Å². The van der Waals surface area contributed by atoms with Gasteiger partial charge in [0.05, 0.1) is 7.11 Å². The number of ether oxygens (including phenoxy) is 1. The molecule has 0 spiro atoms. The maximum Gasteiger partial charge on any atom is 0.333 e. The van der Waals surface area contributed by atoms with Crippen LogP contribution in [0, 0.1) is 0 Å². The van der Waals surface area contributed by atoms with E-state index in [1.165, 1.54) is 7.11 Å². The summed E-state index contributed by atoms with van der Waals surface area (Å²) in [6.07, 6.45) is 0. The van der Waals surface area contributed by atoms with Crippen LogP contribution in [0.2, 0.25) is 0 Å². The molecular formula is C13H17NO2. The topological polar surface area (TPSA) is 38.3 Å². The first kappa shape index (κ1) is 12.3. The first-order valence-electron chi connectivity index (χ1n) is 5.15. The van der Waals surface area contributed by atoms with Gasteiger partial charge < -0.3 is 10.1 Å². The Morgan fingerprint density at radius 2 is 2.06 bits per heavy atom. The predicted octanol–water partition coefficient (Wildman–Crippen LogP) is 2.56. The van der Waals surface area contributed by atoms with E-state index in [1.54, 1.807) is 0 Å². The Bertz CT molecular complexity index is 399. The lowest BCUT2D eigenvalue weighted by Gasteiger charge is -2.17. The average molecular weight is 219 g/mol. The van der Waals surface area contributed by atoms with Crippen molar-refractivity contribution in [2.45, 2.75) is 12.8 Å². The van der Waals surface area contributed by atoms with Gasteiger partial charge in [0.1, 0.15) is 0 Å². The summed E-state index contributed by atoms with van der Waals surface area (Å²) < 4.78 is 4.67. The van der Waals surface area contributed by atoms with Crippen LogP contribution in [0.3, 0.4) is 0 Å². The second kappa shape index (κ2) is 5.35. The van der Waals surface area contributed by atoms with Gasteiger partial charge >= 0.3 is 5.97 Å². The number of anilines is 1. The zero-order valence-electron chi connectivity index (χ0n) is 9.91. The van der Waals surface area contributed by atoms with E-state index < -0.39 is 0 Å². The van der Waals surface area contributed by atoms with Crippen molar-refractivity contribution in [1.29, 1.82) is 0 Å². The molecule has 1 aromatic rings. The summed E-state index contributed by atoms with van der Waals surface area (Å²) >= 11 is 0. The molecule has 1 N–H and O–H groups in total.